The summed E-state index contributed by atoms with van der Waals surface area (Å²) >= 11 is 6.03. The predicted octanol–water partition coefficient (Wildman–Crippen LogP) is 3.03. The van der Waals surface area contributed by atoms with E-state index in [-0.39, 0.29) is 12.1 Å². The normalized spacial score (nSPS) is 29.8. The second-order valence-electron chi connectivity index (χ2n) is 7.27. The SMILES string of the molecule is CC(C)N1CCN([C@H]2CCC[C@@H](Oc3cccc(Cl)c3)[C@@H]2O)CC1. The lowest BCUT2D eigenvalue weighted by Gasteiger charge is -2.45. The van der Waals surface area contributed by atoms with Gasteiger partial charge in [0.2, 0.25) is 0 Å². The van der Waals surface area contributed by atoms with Gasteiger partial charge >= 0.3 is 0 Å². The minimum atomic E-state index is -0.441. The third kappa shape index (κ3) is 4.23. The summed E-state index contributed by atoms with van der Waals surface area (Å²) in [6.45, 7) is 8.73. The van der Waals surface area contributed by atoms with Crippen molar-refractivity contribution in [2.45, 2.75) is 57.4 Å². The molecular formula is C19H29ClN2O2. The standard InChI is InChI=1S/C19H29ClN2O2/c1-14(2)21-9-11-22(12-10-21)17-7-4-8-18(19(17)23)24-16-6-3-5-15(20)13-16/h3,5-6,13-14,17-19,23H,4,7-12H2,1-2H3/t17-,18+,19+/m0/s1. The van der Waals surface area contributed by atoms with Gasteiger partial charge in [-0.2, -0.15) is 0 Å². The first-order valence-electron chi connectivity index (χ1n) is 9.13. The van der Waals surface area contributed by atoms with Gasteiger partial charge in [-0.25, -0.2) is 0 Å². The van der Waals surface area contributed by atoms with E-state index in [1.54, 1.807) is 0 Å². The number of ether oxygens (including phenoxy) is 1. The number of hydrogen-bond donors (Lipinski definition) is 1. The lowest BCUT2D eigenvalue weighted by Crippen LogP contribution is -2.58. The van der Waals surface area contributed by atoms with Crippen LogP contribution in [0.3, 0.4) is 0 Å². The summed E-state index contributed by atoms with van der Waals surface area (Å²) in [7, 11) is 0. The number of nitrogens with zero attached hydrogens (tertiary/aromatic N) is 2. The van der Waals surface area contributed by atoms with Crippen LogP contribution >= 0.6 is 11.6 Å². The maximum absolute atomic E-state index is 10.9. The Labute approximate surface area is 150 Å². The van der Waals surface area contributed by atoms with Gasteiger partial charge in [-0.3, -0.25) is 9.80 Å². The molecule has 0 bridgehead atoms. The Bertz CT molecular complexity index is 532. The number of halogens is 1. The van der Waals surface area contributed by atoms with E-state index >= 15 is 0 Å². The molecule has 3 atom stereocenters. The van der Waals surface area contributed by atoms with E-state index in [2.05, 4.69) is 23.6 Å². The minimum Gasteiger partial charge on any atom is -0.488 e. The smallest absolute Gasteiger partial charge is 0.126 e. The predicted molar refractivity (Wildman–Crippen MR) is 97.8 cm³/mol. The van der Waals surface area contributed by atoms with E-state index in [4.69, 9.17) is 16.3 Å². The molecule has 0 unspecified atom stereocenters. The summed E-state index contributed by atoms with van der Waals surface area (Å²) in [5.74, 6) is 0.747. The maximum Gasteiger partial charge on any atom is 0.126 e. The van der Waals surface area contributed by atoms with Crippen molar-refractivity contribution >= 4 is 11.6 Å². The first kappa shape index (κ1) is 18.0. The number of aliphatic hydroxyl groups is 1. The van der Waals surface area contributed by atoms with Crippen LogP contribution in [0.25, 0.3) is 0 Å². The van der Waals surface area contributed by atoms with Crippen LogP contribution in [0.15, 0.2) is 24.3 Å². The van der Waals surface area contributed by atoms with Gasteiger partial charge in [0, 0.05) is 43.3 Å². The third-order valence-electron chi connectivity index (χ3n) is 5.40. The molecule has 24 heavy (non-hydrogen) atoms. The molecule has 1 aliphatic heterocycles. The molecule has 0 aromatic heterocycles. The van der Waals surface area contributed by atoms with Crippen molar-refractivity contribution in [3.05, 3.63) is 29.3 Å². The van der Waals surface area contributed by atoms with Gasteiger partial charge in [0.05, 0.1) is 0 Å². The van der Waals surface area contributed by atoms with Gasteiger partial charge < -0.3 is 9.84 Å². The van der Waals surface area contributed by atoms with E-state index in [9.17, 15) is 5.11 Å². The monoisotopic (exact) mass is 352 g/mol. The highest BCUT2D eigenvalue weighted by Crippen LogP contribution is 2.29. The van der Waals surface area contributed by atoms with E-state index in [1.807, 2.05) is 24.3 Å². The van der Waals surface area contributed by atoms with Crippen molar-refractivity contribution in [2.24, 2.45) is 0 Å². The average molecular weight is 353 g/mol. The zero-order valence-corrected chi connectivity index (χ0v) is 15.5. The first-order valence-corrected chi connectivity index (χ1v) is 9.51. The summed E-state index contributed by atoms with van der Waals surface area (Å²) in [6, 6.07) is 8.25. The molecule has 1 N–H and O–H groups in total. The highest BCUT2D eigenvalue weighted by molar-refractivity contribution is 6.30. The number of piperazine rings is 1. The molecule has 0 radical (unpaired) electrons. The molecule has 2 fully saturated rings. The van der Waals surface area contributed by atoms with Crippen LogP contribution in [0.5, 0.6) is 5.75 Å². The van der Waals surface area contributed by atoms with Crippen molar-refractivity contribution in [1.82, 2.24) is 9.80 Å². The molecule has 3 rings (SSSR count). The molecule has 5 heteroatoms. The van der Waals surface area contributed by atoms with Crippen LogP contribution in [0.4, 0.5) is 0 Å². The Morgan fingerprint density at radius 1 is 1.17 bits per heavy atom. The Balaban J connectivity index is 1.60. The van der Waals surface area contributed by atoms with Gasteiger partial charge in [0.25, 0.3) is 0 Å². The third-order valence-corrected chi connectivity index (χ3v) is 5.63. The Hall–Kier alpha value is -0.810. The van der Waals surface area contributed by atoms with Crippen LogP contribution in [-0.4, -0.2) is 65.4 Å². The fourth-order valence-electron chi connectivity index (χ4n) is 3.95. The van der Waals surface area contributed by atoms with Crippen molar-refractivity contribution in [3.63, 3.8) is 0 Å². The van der Waals surface area contributed by atoms with Crippen LogP contribution in [0.1, 0.15) is 33.1 Å². The van der Waals surface area contributed by atoms with Crippen LogP contribution in [-0.2, 0) is 0 Å². The van der Waals surface area contributed by atoms with Crippen molar-refractivity contribution in [1.29, 1.82) is 0 Å². The molecule has 1 aromatic carbocycles. The van der Waals surface area contributed by atoms with Crippen molar-refractivity contribution in [2.75, 3.05) is 26.2 Å². The Kier molecular flexibility index (Phi) is 6.03. The number of aliphatic hydroxyl groups excluding tert-OH is 1. The highest BCUT2D eigenvalue weighted by atomic mass is 35.5. The van der Waals surface area contributed by atoms with Crippen LogP contribution in [0, 0.1) is 0 Å². The molecule has 1 saturated carbocycles. The largest absolute Gasteiger partial charge is 0.488 e. The quantitative estimate of drug-likeness (QED) is 0.903. The van der Waals surface area contributed by atoms with Gasteiger partial charge in [0.15, 0.2) is 0 Å². The Morgan fingerprint density at radius 2 is 1.92 bits per heavy atom. The van der Waals surface area contributed by atoms with E-state index < -0.39 is 6.10 Å². The summed E-state index contributed by atoms with van der Waals surface area (Å²) in [6.07, 6.45) is 2.46. The zero-order valence-electron chi connectivity index (χ0n) is 14.7. The zero-order chi connectivity index (χ0) is 17.1. The summed E-state index contributed by atoms with van der Waals surface area (Å²) in [4.78, 5) is 4.96. The number of benzene rings is 1. The molecule has 1 aliphatic carbocycles. The van der Waals surface area contributed by atoms with Crippen molar-refractivity contribution in [3.8, 4) is 5.75 Å². The van der Waals surface area contributed by atoms with E-state index in [1.165, 1.54) is 0 Å². The summed E-state index contributed by atoms with van der Waals surface area (Å²) < 4.78 is 6.06. The highest BCUT2D eigenvalue weighted by Gasteiger charge is 2.38. The van der Waals surface area contributed by atoms with E-state index in [0.29, 0.717) is 11.1 Å². The van der Waals surface area contributed by atoms with Crippen LogP contribution in [0.2, 0.25) is 5.02 Å². The minimum absolute atomic E-state index is 0.148. The molecular weight excluding hydrogens is 324 g/mol. The van der Waals surface area contributed by atoms with Crippen molar-refractivity contribution < 1.29 is 9.84 Å². The number of rotatable bonds is 4. The van der Waals surface area contributed by atoms with Gasteiger partial charge in [-0.1, -0.05) is 17.7 Å². The molecule has 0 spiro atoms. The van der Waals surface area contributed by atoms with Crippen LogP contribution < -0.4 is 4.74 Å². The lowest BCUT2D eigenvalue weighted by atomic mass is 9.88. The molecule has 1 saturated heterocycles. The fourth-order valence-corrected chi connectivity index (χ4v) is 4.13. The molecule has 134 valence electrons. The Morgan fingerprint density at radius 3 is 2.58 bits per heavy atom. The fraction of sp³-hybridized carbons (Fsp3) is 0.684. The van der Waals surface area contributed by atoms with Gasteiger partial charge in [0.1, 0.15) is 18.0 Å². The number of hydrogen-bond acceptors (Lipinski definition) is 4. The molecule has 2 aliphatic rings. The van der Waals surface area contributed by atoms with E-state index in [0.717, 1.165) is 51.2 Å². The summed E-state index contributed by atoms with van der Waals surface area (Å²) in [5, 5.41) is 11.5. The molecule has 0 amide bonds. The average Bonchev–Trinajstić information content (AvgIpc) is 2.57. The first-order chi connectivity index (χ1) is 11.5. The topological polar surface area (TPSA) is 35.9 Å². The second kappa shape index (κ2) is 8.05. The van der Waals surface area contributed by atoms with Gasteiger partial charge in [-0.05, 0) is 51.3 Å². The second-order valence-corrected chi connectivity index (χ2v) is 7.70. The van der Waals surface area contributed by atoms with Gasteiger partial charge in [-0.15, -0.1) is 0 Å². The maximum atomic E-state index is 10.9. The molecule has 1 heterocycles. The molecule has 1 aromatic rings. The lowest BCUT2D eigenvalue weighted by molar-refractivity contribution is -0.0649. The summed E-state index contributed by atoms with van der Waals surface area (Å²) in [5.41, 5.74) is 0. The molecule has 4 nitrogen and oxygen atoms in total.